The molecule has 0 spiro atoms. The summed E-state index contributed by atoms with van der Waals surface area (Å²) in [5, 5.41) is 0. The van der Waals surface area contributed by atoms with Gasteiger partial charge in [0, 0.05) is 0 Å². The van der Waals surface area contributed by atoms with Gasteiger partial charge >= 0.3 is 28.4 Å². The molecule has 0 saturated heterocycles. The van der Waals surface area contributed by atoms with Crippen LogP contribution in [0.2, 0.25) is 0 Å². The van der Waals surface area contributed by atoms with Crippen molar-refractivity contribution < 1.29 is 24.2 Å². The van der Waals surface area contributed by atoms with Crippen LogP contribution >= 0.6 is 24.8 Å². The molecule has 0 fully saturated rings. The summed E-state index contributed by atoms with van der Waals surface area (Å²) in [4.78, 5) is 0. The van der Waals surface area contributed by atoms with Gasteiger partial charge in [0.1, 0.15) is 0 Å². The van der Waals surface area contributed by atoms with E-state index in [1.54, 1.807) is 0 Å². The molecule has 106 valence electrons. The molecule has 0 radical (unpaired) electrons. The summed E-state index contributed by atoms with van der Waals surface area (Å²) in [5.41, 5.74) is 10.9. The second-order valence-electron chi connectivity index (χ2n) is 5.05. The van der Waals surface area contributed by atoms with Crippen molar-refractivity contribution in [2.75, 3.05) is 0 Å². The van der Waals surface area contributed by atoms with E-state index in [4.69, 9.17) is 5.73 Å². The summed E-state index contributed by atoms with van der Waals surface area (Å²) in [6.07, 6.45) is 3.36. The first-order valence-corrected chi connectivity index (χ1v) is 7.25. The molecule has 1 aliphatic carbocycles. The van der Waals surface area contributed by atoms with E-state index >= 15 is 0 Å². The molecule has 0 heterocycles. The number of halogens is 2. The summed E-state index contributed by atoms with van der Waals surface area (Å²) < 4.78 is 3.34. The minimum absolute atomic E-state index is 0. The molecular formula is C14H27Cl2NZr. The van der Waals surface area contributed by atoms with Gasteiger partial charge in [0.05, 0.1) is 0 Å². The van der Waals surface area contributed by atoms with Crippen molar-refractivity contribution in [3.05, 3.63) is 28.5 Å². The Morgan fingerprint density at radius 3 is 1.44 bits per heavy atom. The quantitative estimate of drug-likeness (QED) is 0.511. The van der Waals surface area contributed by atoms with Crippen molar-refractivity contribution in [1.82, 2.24) is 0 Å². The fraction of sp³-hybridized carbons (Fsp3) is 0.643. The normalized spacial score (nSPS) is 17.2. The van der Waals surface area contributed by atoms with Gasteiger partial charge in [0.2, 0.25) is 0 Å². The number of allylic oxidation sites excluding steroid dienone is 4. The van der Waals surface area contributed by atoms with Gasteiger partial charge in [-0.1, -0.05) is 47.5 Å². The predicted molar refractivity (Wildman–Crippen MR) is 85.7 cm³/mol. The molecular weight excluding hydrogens is 344 g/mol. The summed E-state index contributed by atoms with van der Waals surface area (Å²) in [5.74, 6) is 0.560. The molecule has 0 aromatic rings. The van der Waals surface area contributed by atoms with Crippen LogP contribution in [0.4, 0.5) is 0 Å². The standard InChI is InChI=1S/C9H13.C4H10N.CH2.2ClH.Zr/c1-6-5-7(2)9(4)8(6)3;1-4(2,3)5;;;;/h6H,1-4H3;5H,1-3H3;1H2;2*1H;/q2*-1;;;;+2. The van der Waals surface area contributed by atoms with Gasteiger partial charge in [-0.3, -0.25) is 6.08 Å². The second-order valence-corrected chi connectivity index (χ2v) is 5.05. The van der Waals surface area contributed by atoms with Gasteiger partial charge in [0.25, 0.3) is 0 Å². The first kappa shape index (κ1) is 27.2. The average molecular weight is 372 g/mol. The van der Waals surface area contributed by atoms with Crippen LogP contribution in [0, 0.1) is 12.0 Å². The number of hydrogen-bond acceptors (Lipinski definition) is 0. The van der Waals surface area contributed by atoms with Crippen molar-refractivity contribution in [1.29, 1.82) is 0 Å². The fourth-order valence-electron chi connectivity index (χ4n) is 1.16. The molecule has 18 heavy (non-hydrogen) atoms. The van der Waals surface area contributed by atoms with E-state index in [1.165, 1.54) is 41.0 Å². The van der Waals surface area contributed by atoms with E-state index in [0.717, 1.165) is 0 Å². The Labute approximate surface area is 141 Å². The van der Waals surface area contributed by atoms with Crippen LogP contribution in [0.1, 0.15) is 48.5 Å². The van der Waals surface area contributed by atoms with Crippen LogP contribution in [0.3, 0.4) is 0 Å². The Balaban J connectivity index is -0.0000000959. The van der Waals surface area contributed by atoms with Crippen molar-refractivity contribution in [2.45, 2.75) is 54.0 Å². The van der Waals surface area contributed by atoms with Crippen molar-refractivity contribution in [3.8, 4) is 0 Å². The zero-order chi connectivity index (χ0) is 13.5. The van der Waals surface area contributed by atoms with Gasteiger partial charge in [-0.25, -0.2) is 5.57 Å². The van der Waals surface area contributed by atoms with Crippen molar-refractivity contribution in [3.63, 3.8) is 0 Å². The van der Waals surface area contributed by atoms with Gasteiger partial charge in [-0.05, 0) is 0 Å². The molecule has 0 aliphatic heterocycles. The van der Waals surface area contributed by atoms with E-state index < -0.39 is 0 Å². The number of hydrogen-bond donors (Lipinski definition) is 0. The first-order valence-electron chi connectivity index (χ1n) is 5.51. The van der Waals surface area contributed by atoms with E-state index in [0.29, 0.717) is 5.92 Å². The molecule has 1 aliphatic rings. The summed E-state index contributed by atoms with van der Waals surface area (Å²) in [7, 11) is 0. The topological polar surface area (TPSA) is 23.8 Å². The molecule has 1 unspecified atom stereocenters. The Bertz CT molecular complexity index is 272. The number of rotatable bonds is 0. The molecule has 1 nitrogen and oxygen atoms in total. The third-order valence-corrected chi connectivity index (χ3v) is 2.24. The van der Waals surface area contributed by atoms with Crippen LogP contribution in [0.5, 0.6) is 0 Å². The molecule has 1 atom stereocenters. The van der Waals surface area contributed by atoms with E-state index in [-0.39, 0.29) is 30.4 Å². The average Bonchev–Trinajstić information content (AvgIpc) is 2.34. The SMILES string of the molecule is CC(C)(C)[NH-].CC1=[C-]C(C)C(C)=C1C.Cl.Cl.[CH2]=[Zr+2]. The van der Waals surface area contributed by atoms with Crippen LogP contribution in [0.15, 0.2) is 16.7 Å². The Hall–Kier alpha value is 0.773. The summed E-state index contributed by atoms with van der Waals surface area (Å²) in [6, 6.07) is 0. The summed E-state index contributed by atoms with van der Waals surface area (Å²) >= 11 is 1.30. The Morgan fingerprint density at radius 2 is 1.39 bits per heavy atom. The van der Waals surface area contributed by atoms with E-state index in [9.17, 15) is 0 Å². The summed E-state index contributed by atoms with van der Waals surface area (Å²) in [6.45, 7) is 14.2. The molecule has 4 heteroatoms. The molecule has 0 aromatic carbocycles. The molecule has 1 rings (SSSR count). The Kier molecular flexibility index (Phi) is 19.3. The maximum atomic E-state index is 6.94. The third-order valence-electron chi connectivity index (χ3n) is 2.24. The molecule has 0 aromatic heterocycles. The second kappa shape index (κ2) is 12.8. The van der Waals surface area contributed by atoms with Crippen LogP contribution in [-0.2, 0) is 24.2 Å². The van der Waals surface area contributed by atoms with E-state index in [1.807, 2.05) is 20.8 Å². The van der Waals surface area contributed by atoms with Gasteiger partial charge in [-0.15, -0.1) is 37.3 Å². The predicted octanol–water partition coefficient (Wildman–Crippen LogP) is 5.37. The van der Waals surface area contributed by atoms with Crippen molar-refractivity contribution >= 4 is 29.0 Å². The van der Waals surface area contributed by atoms with Gasteiger partial charge in [0.15, 0.2) is 0 Å². The zero-order valence-corrected chi connectivity index (χ0v) is 16.7. The maximum absolute atomic E-state index is 6.94. The zero-order valence-electron chi connectivity index (χ0n) is 12.6. The van der Waals surface area contributed by atoms with E-state index in [2.05, 4.69) is 38.0 Å². The number of nitrogens with one attached hydrogen (secondary N) is 1. The monoisotopic (exact) mass is 369 g/mol. The minimum atomic E-state index is -0.250. The Morgan fingerprint density at radius 1 is 1.11 bits per heavy atom. The van der Waals surface area contributed by atoms with Crippen molar-refractivity contribution in [2.24, 2.45) is 5.92 Å². The first-order chi connectivity index (χ1) is 7.13. The van der Waals surface area contributed by atoms with Gasteiger partial charge < -0.3 is 5.73 Å². The molecule has 0 amide bonds. The van der Waals surface area contributed by atoms with Crippen LogP contribution < -0.4 is 0 Å². The van der Waals surface area contributed by atoms with Gasteiger partial charge in [-0.2, -0.15) is 11.1 Å². The molecule has 0 saturated carbocycles. The molecule has 1 N–H and O–H groups in total. The molecule has 0 bridgehead atoms. The fourth-order valence-corrected chi connectivity index (χ4v) is 1.16. The van der Waals surface area contributed by atoms with Crippen LogP contribution in [-0.4, -0.2) is 9.75 Å². The van der Waals surface area contributed by atoms with Crippen LogP contribution in [0.25, 0.3) is 5.73 Å². The third kappa shape index (κ3) is 14.8.